The smallest absolute Gasteiger partial charge is 0.169 e. The van der Waals surface area contributed by atoms with Gasteiger partial charge in [0.05, 0.1) is 0 Å². The molecule has 0 saturated carbocycles. The van der Waals surface area contributed by atoms with Crippen LogP contribution in [0.25, 0.3) is 0 Å². The molecular weight excluding hydrogens is 172 g/mol. The molecule has 1 unspecified atom stereocenters. The second kappa shape index (κ2) is 4.23. The molecule has 14 heavy (non-hydrogen) atoms. The van der Waals surface area contributed by atoms with Crippen LogP contribution < -0.4 is 0 Å². The number of aryl methyl sites for hydroxylation is 1. The highest BCUT2D eigenvalue weighted by Crippen LogP contribution is 2.17. The van der Waals surface area contributed by atoms with E-state index in [0.29, 0.717) is 0 Å². The SMILES string of the molecule is C=C(C)C(C)C(=O)c1ccccc1C. The standard InChI is InChI=1S/C13H16O/c1-9(2)11(4)13(14)12-8-6-5-7-10(12)3/h5-8,11H,1H2,2-4H3. The Morgan fingerprint density at radius 2 is 1.93 bits per heavy atom. The fourth-order valence-corrected chi connectivity index (χ4v) is 1.31. The molecule has 0 amide bonds. The van der Waals surface area contributed by atoms with Crippen molar-refractivity contribution >= 4 is 5.78 Å². The molecule has 1 rings (SSSR count). The van der Waals surface area contributed by atoms with E-state index in [1.165, 1.54) is 0 Å². The number of hydrogen-bond acceptors (Lipinski definition) is 1. The highest BCUT2D eigenvalue weighted by molar-refractivity contribution is 6.00. The van der Waals surface area contributed by atoms with E-state index in [0.717, 1.165) is 16.7 Å². The molecule has 0 saturated heterocycles. The molecule has 0 N–H and O–H groups in total. The van der Waals surface area contributed by atoms with Gasteiger partial charge in [0.1, 0.15) is 0 Å². The van der Waals surface area contributed by atoms with Crippen LogP contribution in [0.1, 0.15) is 29.8 Å². The van der Waals surface area contributed by atoms with E-state index in [1.54, 1.807) is 0 Å². The third-order valence-electron chi connectivity index (χ3n) is 2.54. The van der Waals surface area contributed by atoms with Crippen LogP contribution in [-0.4, -0.2) is 5.78 Å². The number of benzene rings is 1. The van der Waals surface area contributed by atoms with Crippen molar-refractivity contribution in [2.45, 2.75) is 20.8 Å². The van der Waals surface area contributed by atoms with Crippen LogP contribution >= 0.6 is 0 Å². The van der Waals surface area contributed by atoms with Gasteiger partial charge >= 0.3 is 0 Å². The molecule has 0 aromatic heterocycles. The summed E-state index contributed by atoms with van der Waals surface area (Å²) in [7, 11) is 0. The first kappa shape index (κ1) is 10.7. The second-order valence-corrected chi connectivity index (χ2v) is 3.75. The minimum atomic E-state index is -0.0869. The van der Waals surface area contributed by atoms with Gasteiger partial charge in [-0.2, -0.15) is 0 Å². The summed E-state index contributed by atoms with van der Waals surface area (Å²) in [4.78, 5) is 11.9. The highest BCUT2D eigenvalue weighted by Gasteiger charge is 2.16. The highest BCUT2D eigenvalue weighted by atomic mass is 16.1. The molecule has 0 aliphatic heterocycles. The van der Waals surface area contributed by atoms with Gasteiger partial charge in [-0.05, 0) is 19.4 Å². The van der Waals surface area contributed by atoms with Crippen molar-refractivity contribution in [2.75, 3.05) is 0 Å². The maximum Gasteiger partial charge on any atom is 0.169 e. The number of ketones is 1. The van der Waals surface area contributed by atoms with E-state index in [2.05, 4.69) is 6.58 Å². The maximum absolute atomic E-state index is 11.9. The summed E-state index contributed by atoms with van der Waals surface area (Å²) in [5.74, 6) is 0.0756. The number of carbonyl (C=O) groups is 1. The zero-order chi connectivity index (χ0) is 10.7. The van der Waals surface area contributed by atoms with Crippen LogP contribution in [0, 0.1) is 12.8 Å². The average molecular weight is 188 g/mol. The number of hydrogen-bond donors (Lipinski definition) is 0. The lowest BCUT2D eigenvalue weighted by Gasteiger charge is -2.11. The Hall–Kier alpha value is -1.37. The summed E-state index contributed by atoms with van der Waals surface area (Å²) in [6, 6.07) is 7.67. The lowest BCUT2D eigenvalue weighted by Crippen LogP contribution is -2.13. The maximum atomic E-state index is 11.9. The second-order valence-electron chi connectivity index (χ2n) is 3.75. The van der Waals surface area contributed by atoms with Gasteiger partial charge in [0.15, 0.2) is 5.78 Å². The summed E-state index contributed by atoms with van der Waals surface area (Å²) in [5.41, 5.74) is 2.76. The molecule has 1 aromatic rings. The van der Waals surface area contributed by atoms with Gasteiger partial charge in [-0.1, -0.05) is 43.3 Å². The van der Waals surface area contributed by atoms with Crippen molar-refractivity contribution in [3.63, 3.8) is 0 Å². The Morgan fingerprint density at radius 1 is 1.36 bits per heavy atom. The van der Waals surface area contributed by atoms with Crippen LogP contribution in [0.4, 0.5) is 0 Å². The predicted octanol–water partition coefficient (Wildman–Crippen LogP) is 3.39. The van der Waals surface area contributed by atoms with Gasteiger partial charge in [0.2, 0.25) is 0 Å². The number of Topliss-reactive ketones (excluding diaryl/α,β-unsaturated/α-hetero) is 1. The molecule has 1 atom stereocenters. The molecule has 0 aliphatic rings. The quantitative estimate of drug-likeness (QED) is 0.525. The van der Waals surface area contributed by atoms with E-state index in [1.807, 2.05) is 45.0 Å². The number of carbonyl (C=O) groups excluding carboxylic acids is 1. The zero-order valence-corrected chi connectivity index (χ0v) is 9.00. The number of allylic oxidation sites excluding steroid dienone is 1. The van der Waals surface area contributed by atoms with Crippen molar-refractivity contribution in [3.8, 4) is 0 Å². The van der Waals surface area contributed by atoms with E-state index >= 15 is 0 Å². The van der Waals surface area contributed by atoms with Crippen LogP contribution in [0.3, 0.4) is 0 Å². The van der Waals surface area contributed by atoms with Gasteiger partial charge in [-0.25, -0.2) is 0 Å². The van der Waals surface area contributed by atoms with Crippen molar-refractivity contribution in [1.29, 1.82) is 0 Å². The summed E-state index contributed by atoms with van der Waals surface area (Å²) >= 11 is 0. The first-order valence-electron chi connectivity index (χ1n) is 4.79. The van der Waals surface area contributed by atoms with Gasteiger partial charge < -0.3 is 0 Å². The average Bonchev–Trinajstić information content (AvgIpc) is 2.16. The Morgan fingerprint density at radius 3 is 2.43 bits per heavy atom. The molecule has 0 heterocycles. The molecule has 0 fully saturated rings. The predicted molar refractivity (Wildman–Crippen MR) is 59.5 cm³/mol. The van der Waals surface area contributed by atoms with Crippen molar-refractivity contribution in [2.24, 2.45) is 5.92 Å². The molecule has 0 radical (unpaired) electrons. The fourth-order valence-electron chi connectivity index (χ4n) is 1.31. The number of rotatable bonds is 3. The van der Waals surface area contributed by atoms with E-state index < -0.39 is 0 Å². The molecule has 74 valence electrons. The molecule has 0 spiro atoms. The van der Waals surface area contributed by atoms with Gasteiger partial charge in [-0.3, -0.25) is 4.79 Å². The monoisotopic (exact) mass is 188 g/mol. The van der Waals surface area contributed by atoms with E-state index in [9.17, 15) is 4.79 Å². The Kier molecular flexibility index (Phi) is 3.23. The third kappa shape index (κ3) is 2.11. The lowest BCUT2D eigenvalue weighted by molar-refractivity contribution is 0.0948. The fraction of sp³-hybridized carbons (Fsp3) is 0.308. The molecule has 0 bridgehead atoms. The summed E-state index contributed by atoms with van der Waals surface area (Å²) in [6.45, 7) is 9.56. The van der Waals surface area contributed by atoms with Gasteiger partial charge in [0, 0.05) is 11.5 Å². The summed E-state index contributed by atoms with van der Waals surface area (Å²) in [5, 5.41) is 0. The van der Waals surface area contributed by atoms with E-state index in [4.69, 9.17) is 0 Å². The first-order chi connectivity index (χ1) is 6.54. The third-order valence-corrected chi connectivity index (χ3v) is 2.54. The largest absolute Gasteiger partial charge is 0.294 e. The zero-order valence-electron chi connectivity index (χ0n) is 9.00. The minimum absolute atomic E-state index is 0.0869. The topological polar surface area (TPSA) is 17.1 Å². The normalized spacial score (nSPS) is 12.2. The van der Waals surface area contributed by atoms with Crippen molar-refractivity contribution < 1.29 is 4.79 Å². The van der Waals surface area contributed by atoms with E-state index in [-0.39, 0.29) is 11.7 Å². The summed E-state index contributed by atoms with van der Waals surface area (Å²) < 4.78 is 0. The van der Waals surface area contributed by atoms with Crippen LogP contribution in [0.5, 0.6) is 0 Å². The van der Waals surface area contributed by atoms with Crippen LogP contribution in [0.15, 0.2) is 36.4 Å². The van der Waals surface area contributed by atoms with Gasteiger partial charge in [0.25, 0.3) is 0 Å². The molecule has 1 aromatic carbocycles. The molecule has 0 aliphatic carbocycles. The molecule has 1 heteroatoms. The molecular formula is C13H16O. The Labute approximate surface area is 85.5 Å². The van der Waals surface area contributed by atoms with Crippen molar-refractivity contribution in [3.05, 3.63) is 47.5 Å². The lowest BCUT2D eigenvalue weighted by atomic mass is 9.92. The van der Waals surface area contributed by atoms with Gasteiger partial charge in [-0.15, -0.1) is 0 Å². The minimum Gasteiger partial charge on any atom is -0.294 e. The Balaban J connectivity index is 3.01. The first-order valence-corrected chi connectivity index (χ1v) is 4.79. The van der Waals surface area contributed by atoms with Crippen molar-refractivity contribution in [1.82, 2.24) is 0 Å². The van der Waals surface area contributed by atoms with Crippen LogP contribution in [-0.2, 0) is 0 Å². The Bertz CT molecular complexity index is 363. The summed E-state index contributed by atoms with van der Waals surface area (Å²) in [6.07, 6.45) is 0. The van der Waals surface area contributed by atoms with Crippen LogP contribution in [0.2, 0.25) is 0 Å². The molecule has 1 nitrogen and oxygen atoms in total.